The van der Waals surface area contributed by atoms with Crippen molar-refractivity contribution >= 4 is 44.7 Å². The second-order valence-corrected chi connectivity index (χ2v) is 4.66. The monoisotopic (exact) mass is 262 g/mol. The van der Waals surface area contributed by atoms with Crippen LogP contribution in [0.25, 0.3) is 10.2 Å². The van der Waals surface area contributed by atoms with Crippen molar-refractivity contribution in [2.75, 3.05) is 5.32 Å². The molecule has 17 heavy (non-hydrogen) atoms. The van der Waals surface area contributed by atoms with Gasteiger partial charge >= 0.3 is 0 Å². The standard InChI is InChI=1S/C11H7ClN4S/c12-10-4-11(14-5-13-10)16-7-1-2-8-9(3-7)17-6-15-8/h1-6H,(H,13,14,16). The van der Waals surface area contributed by atoms with E-state index in [-0.39, 0.29) is 0 Å². The highest BCUT2D eigenvalue weighted by Crippen LogP contribution is 2.24. The van der Waals surface area contributed by atoms with E-state index in [2.05, 4.69) is 20.3 Å². The number of aromatic nitrogens is 3. The summed E-state index contributed by atoms with van der Waals surface area (Å²) in [6, 6.07) is 7.64. The molecule has 1 N–H and O–H groups in total. The Bertz CT molecular complexity index is 667. The Hall–Kier alpha value is -1.72. The van der Waals surface area contributed by atoms with Crippen LogP contribution in [0.15, 0.2) is 36.1 Å². The van der Waals surface area contributed by atoms with Gasteiger partial charge in [-0.3, -0.25) is 0 Å². The fourth-order valence-corrected chi connectivity index (χ4v) is 2.35. The Balaban J connectivity index is 1.94. The van der Waals surface area contributed by atoms with E-state index in [4.69, 9.17) is 11.6 Å². The number of halogens is 1. The van der Waals surface area contributed by atoms with Crippen LogP contribution < -0.4 is 5.32 Å². The van der Waals surface area contributed by atoms with E-state index < -0.39 is 0 Å². The largest absolute Gasteiger partial charge is 0.340 e. The molecule has 0 radical (unpaired) electrons. The van der Waals surface area contributed by atoms with Gasteiger partial charge in [-0.15, -0.1) is 11.3 Å². The number of fused-ring (bicyclic) bond motifs is 1. The number of nitrogens with one attached hydrogen (secondary N) is 1. The number of hydrogen-bond acceptors (Lipinski definition) is 5. The van der Waals surface area contributed by atoms with Gasteiger partial charge in [0, 0.05) is 11.8 Å². The molecule has 3 rings (SSSR count). The van der Waals surface area contributed by atoms with E-state index in [0.29, 0.717) is 11.0 Å². The Morgan fingerprint density at radius 1 is 1.12 bits per heavy atom. The summed E-state index contributed by atoms with van der Waals surface area (Å²) in [6.45, 7) is 0. The third-order valence-corrected chi connectivity index (χ3v) is 3.24. The molecule has 0 aliphatic heterocycles. The van der Waals surface area contributed by atoms with Gasteiger partial charge in [0.2, 0.25) is 0 Å². The average molecular weight is 263 g/mol. The molecule has 6 heteroatoms. The van der Waals surface area contributed by atoms with Crippen molar-refractivity contribution in [1.82, 2.24) is 15.0 Å². The molecule has 4 nitrogen and oxygen atoms in total. The molecular formula is C11H7ClN4S. The summed E-state index contributed by atoms with van der Waals surface area (Å²) >= 11 is 7.39. The molecule has 0 saturated carbocycles. The van der Waals surface area contributed by atoms with Gasteiger partial charge in [-0.25, -0.2) is 15.0 Å². The number of benzene rings is 1. The van der Waals surface area contributed by atoms with Gasteiger partial charge in [0.1, 0.15) is 17.3 Å². The van der Waals surface area contributed by atoms with E-state index in [0.717, 1.165) is 15.9 Å². The molecule has 1 aromatic carbocycles. The SMILES string of the molecule is Clc1cc(Nc2ccc3ncsc3c2)ncn1. The molecule has 2 heterocycles. The van der Waals surface area contributed by atoms with Gasteiger partial charge in [0.25, 0.3) is 0 Å². The number of hydrogen-bond donors (Lipinski definition) is 1. The van der Waals surface area contributed by atoms with Gasteiger partial charge in [-0.2, -0.15) is 0 Å². The van der Waals surface area contributed by atoms with Crippen molar-refractivity contribution in [3.63, 3.8) is 0 Å². The van der Waals surface area contributed by atoms with E-state index in [1.807, 2.05) is 23.7 Å². The first kappa shape index (κ1) is 10.4. The predicted molar refractivity (Wildman–Crippen MR) is 69.9 cm³/mol. The van der Waals surface area contributed by atoms with Crippen LogP contribution in [0.3, 0.4) is 0 Å². The molecule has 0 fully saturated rings. The molecule has 0 amide bonds. The molecule has 0 aliphatic carbocycles. The van der Waals surface area contributed by atoms with Crippen LogP contribution in [0, 0.1) is 0 Å². The Morgan fingerprint density at radius 2 is 2.06 bits per heavy atom. The van der Waals surface area contributed by atoms with Crippen molar-refractivity contribution in [2.45, 2.75) is 0 Å². The van der Waals surface area contributed by atoms with E-state index in [9.17, 15) is 0 Å². The van der Waals surface area contributed by atoms with Crippen molar-refractivity contribution in [1.29, 1.82) is 0 Å². The third-order valence-electron chi connectivity index (χ3n) is 2.24. The minimum absolute atomic E-state index is 0.418. The second kappa shape index (κ2) is 4.27. The molecule has 3 aromatic rings. The maximum Gasteiger partial charge on any atom is 0.135 e. The smallest absolute Gasteiger partial charge is 0.135 e. The van der Waals surface area contributed by atoms with Gasteiger partial charge in [0.15, 0.2) is 0 Å². The normalized spacial score (nSPS) is 10.6. The quantitative estimate of drug-likeness (QED) is 0.719. The van der Waals surface area contributed by atoms with E-state index in [1.54, 1.807) is 17.4 Å². The van der Waals surface area contributed by atoms with Crippen LogP contribution in [-0.4, -0.2) is 15.0 Å². The predicted octanol–water partition coefficient (Wildman–Crippen LogP) is 3.48. The summed E-state index contributed by atoms with van der Waals surface area (Å²) < 4.78 is 1.13. The highest BCUT2D eigenvalue weighted by molar-refractivity contribution is 7.16. The molecule has 0 atom stereocenters. The maximum absolute atomic E-state index is 5.79. The first-order valence-electron chi connectivity index (χ1n) is 4.89. The molecule has 2 aromatic heterocycles. The molecule has 0 bridgehead atoms. The summed E-state index contributed by atoms with van der Waals surface area (Å²) in [5, 5.41) is 3.59. The minimum atomic E-state index is 0.418. The maximum atomic E-state index is 5.79. The van der Waals surface area contributed by atoms with Gasteiger partial charge in [-0.05, 0) is 18.2 Å². The van der Waals surface area contributed by atoms with Crippen LogP contribution in [-0.2, 0) is 0 Å². The lowest BCUT2D eigenvalue weighted by atomic mass is 10.3. The van der Waals surface area contributed by atoms with Crippen molar-refractivity contribution < 1.29 is 0 Å². The van der Waals surface area contributed by atoms with Crippen LogP contribution in [0.2, 0.25) is 5.15 Å². The summed E-state index contributed by atoms with van der Waals surface area (Å²) in [6.07, 6.45) is 1.43. The number of rotatable bonds is 2. The van der Waals surface area contributed by atoms with Crippen LogP contribution in [0.4, 0.5) is 11.5 Å². The highest BCUT2D eigenvalue weighted by atomic mass is 35.5. The molecule has 0 unspecified atom stereocenters. The van der Waals surface area contributed by atoms with Gasteiger partial charge in [0.05, 0.1) is 15.7 Å². The first-order valence-corrected chi connectivity index (χ1v) is 6.15. The lowest BCUT2D eigenvalue weighted by Gasteiger charge is -2.04. The molecule has 0 saturated heterocycles. The van der Waals surface area contributed by atoms with Crippen LogP contribution in [0.1, 0.15) is 0 Å². The summed E-state index contributed by atoms with van der Waals surface area (Å²) in [5.41, 5.74) is 3.79. The molecular weight excluding hydrogens is 256 g/mol. The Kier molecular flexibility index (Phi) is 2.62. The number of anilines is 2. The van der Waals surface area contributed by atoms with Crippen molar-refractivity contribution in [3.8, 4) is 0 Å². The molecule has 0 aliphatic rings. The number of nitrogens with zero attached hydrogens (tertiary/aromatic N) is 3. The third kappa shape index (κ3) is 2.20. The zero-order chi connectivity index (χ0) is 11.7. The fourth-order valence-electron chi connectivity index (χ4n) is 1.48. The fraction of sp³-hybridized carbons (Fsp3) is 0. The first-order chi connectivity index (χ1) is 8.31. The summed E-state index contributed by atoms with van der Waals surface area (Å²) in [5.74, 6) is 0.675. The van der Waals surface area contributed by atoms with Gasteiger partial charge < -0.3 is 5.32 Å². The minimum Gasteiger partial charge on any atom is -0.340 e. The highest BCUT2D eigenvalue weighted by Gasteiger charge is 2.01. The number of thiazole rings is 1. The van der Waals surface area contributed by atoms with Gasteiger partial charge in [-0.1, -0.05) is 11.6 Å². The Morgan fingerprint density at radius 3 is 2.94 bits per heavy atom. The van der Waals surface area contributed by atoms with Crippen molar-refractivity contribution in [3.05, 3.63) is 41.3 Å². The summed E-state index contributed by atoms with van der Waals surface area (Å²) in [4.78, 5) is 12.1. The molecule has 0 spiro atoms. The zero-order valence-electron chi connectivity index (χ0n) is 8.59. The van der Waals surface area contributed by atoms with E-state index in [1.165, 1.54) is 6.33 Å². The molecule has 84 valence electrons. The lowest BCUT2D eigenvalue weighted by Crippen LogP contribution is -1.93. The lowest BCUT2D eigenvalue weighted by molar-refractivity contribution is 1.17. The van der Waals surface area contributed by atoms with Crippen LogP contribution in [0.5, 0.6) is 0 Å². The van der Waals surface area contributed by atoms with Crippen molar-refractivity contribution in [2.24, 2.45) is 0 Å². The zero-order valence-corrected chi connectivity index (χ0v) is 10.2. The van der Waals surface area contributed by atoms with E-state index >= 15 is 0 Å². The Labute approximate surface area is 106 Å². The van der Waals surface area contributed by atoms with Crippen LogP contribution >= 0.6 is 22.9 Å². The summed E-state index contributed by atoms with van der Waals surface area (Å²) in [7, 11) is 0. The second-order valence-electron chi connectivity index (χ2n) is 3.39. The topological polar surface area (TPSA) is 50.7 Å². The average Bonchev–Trinajstić information content (AvgIpc) is 2.76.